The van der Waals surface area contributed by atoms with Gasteiger partial charge in [-0.3, -0.25) is 4.79 Å². The largest absolute Gasteiger partial charge is 0.365 e. The molecule has 1 aliphatic heterocycles. The fourth-order valence-corrected chi connectivity index (χ4v) is 3.34. The van der Waals surface area contributed by atoms with Crippen molar-refractivity contribution in [3.63, 3.8) is 0 Å². The Balaban J connectivity index is 1.63. The van der Waals surface area contributed by atoms with Gasteiger partial charge < -0.3 is 9.64 Å². The number of ether oxygens (including phenoxy) is 1. The molecule has 1 saturated heterocycles. The summed E-state index contributed by atoms with van der Waals surface area (Å²) < 4.78 is 5.57. The van der Waals surface area contributed by atoms with Crippen LogP contribution < -0.4 is 0 Å². The number of nitrogens with zero attached hydrogens (tertiary/aromatic N) is 1. The van der Waals surface area contributed by atoms with Crippen molar-refractivity contribution in [3.05, 3.63) is 34.9 Å². The summed E-state index contributed by atoms with van der Waals surface area (Å²) in [5, 5.41) is 0.707. The predicted molar refractivity (Wildman–Crippen MR) is 86.8 cm³/mol. The second-order valence-corrected chi connectivity index (χ2v) is 6.53. The highest BCUT2D eigenvalue weighted by molar-refractivity contribution is 6.30. The molecule has 3 rings (SSSR count). The van der Waals surface area contributed by atoms with E-state index in [2.05, 4.69) is 5.92 Å². The van der Waals surface area contributed by atoms with Gasteiger partial charge in [0.2, 0.25) is 5.91 Å². The van der Waals surface area contributed by atoms with E-state index >= 15 is 0 Å². The molecule has 1 aromatic carbocycles. The van der Waals surface area contributed by atoms with Crippen molar-refractivity contribution in [1.82, 2.24) is 4.90 Å². The third-order valence-corrected chi connectivity index (χ3v) is 4.94. The average Bonchev–Trinajstić information content (AvgIpc) is 3.35. The number of likely N-dealkylation sites (tertiary alicyclic amines) is 1. The molecular formula is C18H20ClNO2. The summed E-state index contributed by atoms with van der Waals surface area (Å²) in [6, 6.07) is 7.69. The highest BCUT2D eigenvalue weighted by Crippen LogP contribution is 2.50. The molecular weight excluding hydrogens is 298 g/mol. The highest BCUT2D eigenvalue weighted by Gasteiger charge is 2.53. The van der Waals surface area contributed by atoms with Crippen LogP contribution in [0.4, 0.5) is 0 Å². The van der Waals surface area contributed by atoms with Gasteiger partial charge in [-0.2, -0.15) is 0 Å². The molecule has 0 aromatic heterocycles. The Bertz CT molecular complexity index is 578. The standard InChI is InChI=1S/C18H20ClNO2/c1-2-13-22-16-7-11-20(12-8-16)17(21)18(9-10-18)14-3-5-15(19)6-4-14/h1,3-6,16H,7-13H2. The highest BCUT2D eigenvalue weighted by atomic mass is 35.5. The number of carbonyl (C=O) groups excluding carboxylic acids is 1. The van der Waals surface area contributed by atoms with Crippen molar-refractivity contribution in [2.75, 3.05) is 19.7 Å². The maximum absolute atomic E-state index is 12.9. The molecule has 2 aliphatic rings. The number of hydrogen-bond acceptors (Lipinski definition) is 2. The van der Waals surface area contributed by atoms with E-state index in [4.69, 9.17) is 22.8 Å². The normalized spacial score (nSPS) is 20.5. The topological polar surface area (TPSA) is 29.5 Å². The van der Waals surface area contributed by atoms with Crippen LogP contribution >= 0.6 is 11.6 Å². The van der Waals surface area contributed by atoms with Gasteiger partial charge in [0.15, 0.2) is 0 Å². The minimum atomic E-state index is -0.308. The molecule has 116 valence electrons. The van der Waals surface area contributed by atoms with Gasteiger partial charge in [-0.05, 0) is 43.4 Å². The molecule has 2 fully saturated rings. The molecule has 0 radical (unpaired) electrons. The number of halogens is 1. The van der Waals surface area contributed by atoms with Crippen molar-refractivity contribution in [2.24, 2.45) is 0 Å². The molecule has 1 saturated carbocycles. The lowest BCUT2D eigenvalue weighted by Gasteiger charge is -2.34. The Morgan fingerprint density at radius 1 is 1.32 bits per heavy atom. The number of benzene rings is 1. The van der Waals surface area contributed by atoms with Crippen LogP contribution in [0, 0.1) is 12.3 Å². The molecule has 0 atom stereocenters. The average molecular weight is 318 g/mol. The van der Waals surface area contributed by atoms with Crippen LogP contribution in [0.25, 0.3) is 0 Å². The second-order valence-electron chi connectivity index (χ2n) is 6.10. The van der Waals surface area contributed by atoms with Crippen molar-refractivity contribution >= 4 is 17.5 Å². The minimum absolute atomic E-state index is 0.186. The van der Waals surface area contributed by atoms with Crippen molar-refractivity contribution in [1.29, 1.82) is 0 Å². The van der Waals surface area contributed by atoms with E-state index in [1.54, 1.807) is 0 Å². The van der Waals surface area contributed by atoms with Gasteiger partial charge in [-0.25, -0.2) is 0 Å². The Labute approximate surface area is 136 Å². The summed E-state index contributed by atoms with van der Waals surface area (Å²) >= 11 is 5.94. The number of piperidine rings is 1. The third-order valence-electron chi connectivity index (χ3n) is 4.69. The molecule has 22 heavy (non-hydrogen) atoms. The van der Waals surface area contributed by atoms with Crippen molar-refractivity contribution in [3.8, 4) is 12.3 Å². The first-order valence-corrected chi connectivity index (χ1v) is 8.14. The van der Waals surface area contributed by atoms with Crippen molar-refractivity contribution in [2.45, 2.75) is 37.2 Å². The predicted octanol–water partition coefficient (Wildman–Crippen LogP) is 3.01. The fraction of sp³-hybridized carbons (Fsp3) is 0.500. The summed E-state index contributed by atoms with van der Waals surface area (Å²) in [5.41, 5.74) is 0.782. The van der Waals surface area contributed by atoms with Gasteiger partial charge in [-0.15, -0.1) is 6.42 Å². The van der Waals surface area contributed by atoms with Crippen LogP contribution in [0.2, 0.25) is 5.02 Å². The van der Waals surface area contributed by atoms with Gasteiger partial charge in [0.1, 0.15) is 6.61 Å². The van der Waals surface area contributed by atoms with Gasteiger partial charge >= 0.3 is 0 Å². The lowest BCUT2D eigenvalue weighted by molar-refractivity contribution is -0.136. The first-order valence-electron chi connectivity index (χ1n) is 7.76. The maximum Gasteiger partial charge on any atom is 0.233 e. The van der Waals surface area contributed by atoms with Crippen LogP contribution in [0.15, 0.2) is 24.3 Å². The second kappa shape index (κ2) is 6.32. The first kappa shape index (κ1) is 15.4. The Hall–Kier alpha value is -1.50. The lowest BCUT2D eigenvalue weighted by Crippen LogP contribution is -2.45. The summed E-state index contributed by atoms with van der Waals surface area (Å²) in [4.78, 5) is 14.9. The maximum atomic E-state index is 12.9. The van der Waals surface area contributed by atoms with E-state index in [-0.39, 0.29) is 17.4 Å². The number of carbonyl (C=O) groups is 1. The van der Waals surface area contributed by atoms with Crippen molar-refractivity contribution < 1.29 is 9.53 Å². The molecule has 3 nitrogen and oxygen atoms in total. The zero-order chi connectivity index (χ0) is 15.6. The molecule has 0 bridgehead atoms. The van der Waals surface area contributed by atoms with Crippen LogP contribution in [-0.2, 0) is 14.9 Å². The number of hydrogen-bond donors (Lipinski definition) is 0. The Kier molecular flexibility index (Phi) is 4.42. The summed E-state index contributed by atoms with van der Waals surface area (Å²) in [5.74, 6) is 2.75. The molecule has 0 unspecified atom stereocenters. The SMILES string of the molecule is C#CCOC1CCN(C(=O)C2(c3ccc(Cl)cc3)CC2)CC1. The molecule has 1 aliphatic carbocycles. The Morgan fingerprint density at radius 3 is 2.50 bits per heavy atom. The molecule has 4 heteroatoms. The molecule has 0 N–H and O–H groups in total. The molecule has 1 amide bonds. The Morgan fingerprint density at radius 2 is 1.95 bits per heavy atom. The van der Waals surface area contributed by atoms with Crippen LogP contribution in [0.3, 0.4) is 0 Å². The summed E-state index contributed by atoms with van der Waals surface area (Å²) in [7, 11) is 0. The zero-order valence-corrected chi connectivity index (χ0v) is 13.3. The van der Waals surface area contributed by atoms with Crippen LogP contribution in [-0.4, -0.2) is 36.6 Å². The first-order chi connectivity index (χ1) is 10.7. The quantitative estimate of drug-likeness (QED) is 0.799. The molecule has 1 heterocycles. The molecule has 0 spiro atoms. The smallest absolute Gasteiger partial charge is 0.233 e. The number of rotatable bonds is 4. The number of amides is 1. The van der Waals surface area contributed by atoms with E-state index in [0.717, 1.165) is 44.3 Å². The minimum Gasteiger partial charge on any atom is -0.365 e. The van der Waals surface area contributed by atoms with Crippen LogP contribution in [0.1, 0.15) is 31.2 Å². The van der Waals surface area contributed by atoms with Gasteiger partial charge in [-0.1, -0.05) is 29.7 Å². The van der Waals surface area contributed by atoms with Crippen LogP contribution in [0.5, 0.6) is 0 Å². The van der Waals surface area contributed by atoms with E-state index in [0.29, 0.717) is 11.6 Å². The molecule has 1 aromatic rings. The number of terminal acetylenes is 1. The van der Waals surface area contributed by atoms with Gasteiger partial charge in [0.05, 0.1) is 11.5 Å². The summed E-state index contributed by atoms with van der Waals surface area (Å²) in [6.07, 6.45) is 8.99. The van der Waals surface area contributed by atoms with E-state index in [9.17, 15) is 4.79 Å². The fourth-order valence-electron chi connectivity index (χ4n) is 3.21. The van der Waals surface area contributed by atoms with E-state index < -0.39 is 0 Å². The van der Waals surface area contributed by atoms with E-state index in [1.165, 1.54) is 0 Å². The van der Waals surface area contributed by atoms with Gasteiger partial charge in [0, 0.05) is 18.1 Å². The monoisotopic (exact) mass is 317 g/mol. The van der Waals surface area contributed by atoms with E-state index in [1.807, 2.05) is 29.2 Å². The zero-order valence-electron chi connectivity index (χ0n) is 12.6. The van der Waals surface area contributed by atoms with Gasteiger partial charge in [0.25, 0.3) is 0 Å². The summed E-state index contributed by atoms with van der Waals surface area (Å²) in [6.45, 7) is 1.86. The lowest BCUT2D eigenvalue weighted by atomic mass is 9.93. The third kappa shape index (κ3) is 2.99.